The van der Waals surface area contributed by atoms with E-state index in [1.54, 1.807) is 0 Å². The second-order valence-corrected chi connectivity index (χ2v) is 6.53. The van der Waals surface area contributed by atoms with Crippen molar-refractivity contribution in [2.75, 3.05) is 18.0 Å². The van der Waals surface area contributed by atoms with Crippen molar-refractivity contribution < 1.29 is 0 Å². The van der Waals surface area contributed by atoms with E-state index in [-0.39, 0.29) is 5.96 Å². The molecule has 5 N–H and O–H groups in total. The Balaban J connectivity index is 1.76. The van der Waals surface area contributed by atoms with Crippen molar-refractivity contribution in [1.82, 2.24) is 5.32 Å². The third-order valence-electron chi connectivity index (χ3n) is 4.90. The van der Waals surface area contributed by atoms with Crippen LogP contribution in [0, 0.1) is 0 Å². The van der Waals surface area contributed by atoms with E-state index in [1.807, 2.05) is 6.07 Å². The summed E-state index contributed by atoms with van der Waals surface area (Å²) in [5.74, 6) is 1.64. The van der Waals surface area contributed by atoms with Crippen LogP contribution in [-0.4, -0.2) is 36.5 Å². The minimum absolute atomic E-state index is 0.281. The van der Waals surface area contributed by atoms with Crippen molar-refractivity contribution >= 4 is 23.4 Å². The molecule has 1 aliphatic carbocycles. The number of guanidine groups is 2. The monoisotopic (exact) mass is 325 g/mol. The maximum absolute atomic E-state index is 6.28. The lowest BCUT2D eigenvalue weighted by atomic mass is 9.87. The zero-order chi connectivity index (χ0) is 16.6. The molecule has 7 heteroatoms. The number of rotatable bonds is 2. The normalized spacial score (nSPS) is 22.7. The van der Waals surface area contributed by atoms with Crippen LogP contribution >= 0.6 is 0 Å². The van der Waals surface area contributed by atoms with E-state index in [4.69, 9.17) is 16.5 Å². The van der Waals surface area contributed by atoms with E-state index in [1.165, 1.54) is 6.42 Å². The van der Waals surface area contributed by atoms with E-state index in [9.17, 15) is 0 Å². The fourth-order valence-electron chi connectivity index (χ4n) is 3.88. The molecule has 0 unspecified atom stereocenters. The van der Waals surface area contributed by atoms with Gasteiger partial charge in [-0.05, 0) is 37.8 Å². The van der Waals surface area contributed by atoms with Crippen LogP contribution in [-0.2, 0) is 0 Å². The maximum Gasteiger partial charge on any atom is 0.220 e. The summed E-state index contributed by atoms with van der Waals surface area (Å²) in [5.41, 5.74) is 13.9. The Morgan fingerprint density at radius 2 is 1.96 bits per heavy atom. The van der Waals surface area contributed by atoms with Crippen LogP contribution in [0.1, 0.15) is 37.7 Å². The number of hydrogen-bond donors (Lipinski definition) is 3. The second kappa shape index (κ2) is 5.81. The van der Waals surface area contributed by atoms with Gasteiger partial charge in [0.2, 0.25) is 11.9 Å². The van der Waals surface area contributed by atoms with Crippen LogP contribution < -0.4 is 21.7 Å². The lowest BCUT2D eigenvalue weighted by molar-refractivity contribution is 0.305. The molecule has 1 fully saturated rings. The molecule has 2 heterocycles. The molecule has 0 atom stereocenters. The molecule has 0 aromatic heterocycles. The van der Waals surface area contributed by atoms with Gasteiger partial charge in [0, 0.05) is 17.8 Å². The van der Waals surface area contributed by atoms with Crippen LogP contribution in [0.3, 0.4) is 0 Å². The molecule has 1 saturated carbocycles. The summed E-state index contributed by atoms with van der Waals surface area (Å²) < 4.78 is 0. The van der Waals surface area contributed by atoms with Gasteiger partial charge in [0.15, 0.2) is 0 Å². The average molecular weight is 325 g/mol. The minimum Gasteiger partial charge on any atom is -0.369 e. The Hall–Kier alpha value is -2.57. The standard InChI is InChI=1S/C17H23N7/c18-15-22-16(19)24(17(23-15)7-2-1-3-8-17)13-6-4-5-12(11-13)14-20-9-10-21-14/h4-6,11H,1-3,7-10H2,(H,20,21)(H4,18,19,22,23). The van der Waals surface area contributed by atoms with Gasteiger partial charge in [-0.15, -0.1) is 0 Å². The molecule has 7 nitrogen and oxygen atoms in total. The Kier molecular flexibility index (Phi) is 3.63. The van der Waals surface area contributed by atoms with E-state index >= 15 is 0 Å². The topological polar surface area (TPSA) is 104 Å². The number of nitrogens with zero attached hydrogens (tertiary/aromatic N) is 4. The first-order valence-corrected chi connectivity index (χ1v) is 8.56. The quantitative estimate of drug-likeness (QED) is 0.758. The number of benzene rings is 1. The van der Waals surface area contributed by atoms with Gasteiger partial charge in [-0.25, -0.2) is 4.99 Å². The number of amidine groups is 1. The number of aliphatic imine (C=N–C) groups is 3. The van der Waals surface area contributed by atoms with Gasteiger partial charge in [-0.1, -0.05) is 18.6 Å². The molecule has 1 spiro atoms. The highest BCUT2D eigenvalue weighted by molar-refractivity contribution is 6.07. The SMILES string of the molecule is NC1=NC2(CCCCC2)N(c2cccc(C3=NCCN3)c2)C(N)=N1. The summed E-state index contributed by atoms with van der Waals surface area (Å²) in [6.07, 6.45) is 5.34. The first kappa shape index (κ1) is 15.0. The van der Waals surface area contributed by atoms with Crippen molar-refractivity contribution in [2.24, 2.45) is 26.4 Å². The second-order valence-electron chi connectivity index (χ2n) is 6.53. The van der Waals surface area contributed by atoms with Crippen LogP contribution in [0.2, 0.25) is 0 Å². The molecule has 0 amide bonds. The maximum atomic E-state index is 6.28. The Labute approximate surface area is 141 Å². The van der Waals surface area contributed by atoms with Crippen molar-refractivity contribution in [3.8, 4) is 0 Å². The summed E-state index contributed by atoms with van der Waals surface area (Å²) in [6.45, 7) is 1.70. The molecule has 1 aromatic rings. The molecule has 4 rings (SSSR count). The molecule has 0 radical (unpaired) electrons. The third kappa shape index (κ3) is 2.50. The number of nitrogens with one attached hydrogen (secondary N) is 1. The average Bonchev–Trinajstić information content (AvgIpc) is 3.09. The Morgan fingerprint density at radius 1 is 1.12 bits per heavy atom. The highest BCUT2D eigenvalue weighted by Gasteiger charge is 2.42. The predicted molar refractivity (Wildman–Crippen MR) is 97.4 cm³/mol. The molecule has 2 aliphatic heterocycles. The van der Waals surface area contributed by atoms with Gasteiger partial charge in [-0.2, -0.15) is 4.99 Å². The van der Waals surface area contributed by atoms with Gasteiger partial charge < -0.3 is 16.8 Å². The fourth-order valence-corrected chi connectivity index (χ4v) is 3.88. The van der Waals surface area contributed by atoms with E-state index < -0.39 is 5.66 Å². The molecular formula is C17H23N7. The number of nitrogens with two attached hydrogens (primary N) is 2. The number of anilines is 1. The third-order valence-corrected chi connectivity index (χ3v) is 4.90. The smallest absolute Gasteiger partial charge is 0.220 e. The van der Waals surface area contributed by atoms with Gasteiger partial charge in [0.25, 0.3) is 0 Å². The first-order chi connectivity index (χ1) is 11.7. The van der Waals surface area contributed by atoms with Crippen molar-refractivity contribution in [1.29, 1.82) is 0 Å². The van der Waals surface area contributed by atoms with Gasteiger partial charge in [0.05, 0.1) is 6.54 Å². The summed E-state index contributed by atoms with van der Waals surface area (Å²) in [4.78, 5) is 15.5. The molecular weight excluding hydrogens is 302 g/mol. The molecule has 0 saturated heterocycles. The Morgan fingerprint density at radius 3 is 2.71 bits per heavy atom. The van der Waals surface area contributed by atoms with Crippen molar-refractivity contribution in [3.63, 3.8) is 0 Å². The molecule has 1 aromatic carbocycles. The van der Waals surface area contributed by atoms with E-state index in [0.717, 1.165) is 55.9 Å². The van der Waals surface area contributed by atoms with Crippen LogP contribution in [0.15, 0.2) is 39.2 Å². The van der Waals surface area contributed by atoms with Gasteiger partial charge in [-0.3, -0.25) is 9.89 Å². The summed E-state index contributed by atoms with van der Waals surface area (Å²) in [7, 11) is 0. The lowest BCUT2D eigenvalue weighted by Gasteiger charge is -2.45. The summed E-state index contributed by atoms with van der Waals surface area (Å²) in [6, 6.07) is 8.24. The minimum atomic E-state index is -0.405. The number of hydrogen-bond acceptors (Lipinski definition) is 7. The largest absolute Gasteiger partial charge is 0.369 e. The van der Waals surface area contributed by atoms with Crippen molar-refractivity contribution in [2.45, 2.75) is 37.8 Å². The molecule has 24 heavy (non-hydrogen) atoms. The zero-order valence-corrected chi connectivity index (χ0v) is 13.7. The molecule has 3 aliphatic rings. The first-order valence-electron chi connectivity index (χ1n) is 8.56. The Bertz CT molecular complexity index is 728. The van der Waals surface area contributed by atoms with Crippen LogP contribution in [0.25, 0.3) is 0 Å². The fraction of sp³-hybridized carbons (Fsp3) is 0.471. The summed E-state index contributed by atoms with van der Waals surface area (Å²) in [5, 5.41) is 3.31. The molecule has 126 valence electrons. The predicted octanol–water partition coefficient (Wildman–Crippen LogP) is 1.15. The van der Waals surface area contributed by atoms with Gasteiger partial charge in [0.1, 0.15) is 11.5 Å². The van der Waals surface area contributed by atoms with Gasteiger partial charge >= 0.3 is 0 Å². The lowest BCUT2D eigenvalue weighted by Crippen LogP contribution is -2.58. The van der Waals surface area contributed by atoms with Crippen LogP contribution in [0.5, 0.6) is 0 Å². The van der Waals surface area contributed by atoms with Crippen molar-refractivity contribution in [3.05, 3.63) is 29.8 Å². The zero-order valence-electron chi connectivity index (χ0n) is 13.7. The van der Waals surface area contributed by atoms with Crippen LogP contribution in [0.4, 0.5) is 5.69 Å². The van der Waals surface area contributed by atoms with E-state index in [0.29, 0.717) is 5.96 Å². The summed E-state index contributed by atoms with van der Waals surface area (Å²) >= 11 is 0. The highest BCUT2D eigenvalue weighted by Crippen LogP contribution is 2.39. The van der Waals surface area contributed by atoms with E-state index in [2.05, 4.69) is 38.4 Å². The molecule has 0 bridgehead atoms. The highest BCUT2D eigenvalue weighted by atomic mass is 15.4.